The Morgan fingerprint density at radius 2 is 1.70 bits per heavy atom. The number of fused-ring (bicyclic) bond motifs is 4. The number of anilines is 2. The van der Waals surface area contributed by atoms with Gasteiger partial charge >= 0.3 is 0 Å². The molecule has 2 aliphatic rings. The molecule has 0 radical (unpaired) electrons. The van der Waals surface area contributed by atoms with E-state index in [0.29, 0.717) is 53.3 Å². The summed E-state index contributed by atoms with van der Waals surface area (Å²) >= 11 is 0. The summed E-state index contributed by atoms with van der Waals surface area (Å²) in [5.74, 6) is 1.82. The Kier molecular flexibility index (Phi) is 11.8. The Balaban J connectivity index is 1.32. The van der Waals surface area contributed by atoms with E-state index in [4.69, 9.17) is 19.2 Å². The van der Waals surface area contributed by atoms with E-state index in [-0.39, 0.29) is 28.8 Å². The van der Waals surface area contributed by atoms with Gasteiger partial charge in [0, 0.05) is 51.4 Å². The number of benzene rings is 2. The van der Waals surface area contributed by atoms with Crippen LogP contribution in [0.4, 0.5) is 11.4 Å². The van der Waals surface area contributed by atoms with Crippen molar-refractivity contribution in [3.63, 3.8) is 0 Å². The maximum absolute atomic E-state index is 14.1. The molecule has 0 unspecified atom stereocenters. The molecule has 2 amide bonds. The van der Waals surface area contributed by atoms with Crippen LogP contribution in [-0.2, 0) is 29.6 Å². The van der Waals surface area contributed by atoms with E-state index in [0.717, 1.165) is 60.7 Å². The van der Waals surface area contributed by atoms with Crippen LogP contribution in [0.1, 0.15) is 56.6 Å². The fourth-order valence-electron chi connectivity index (χ4n) is 7.59. The van der Waals surface area contributed by atoms with Crippen molar-refractivity contribution in [1.82, 2.24) is 24.7 Å². The highest BCUT2D eigenvalue weighted by Gasteiger charge is 2.31. The van der Waals surface area contributed by atoms with Gasteiger partial charge in [-0.3, -0.25) is 19.3 Å². The number of hydrogen-bond donors (Lipinski definition) is 3. The van der Waals surface area contributed by atoms with Crippen molar-refractivity contribution in [3.8, 4) is 28.4 Å². The number of nitrogens with zero attached hydrogens (tertiary/aromatic N) is 4. The van der Waals surface area contributed by atoms with E-state index >= 15 is 0 Å². The van der Waals surface area contributed by atoms with E-state index in [9.17, 15) is 14.4 Å². The predicted octanol–water partition coefficient (Wildman–Crippen LogP) is 4.96. The maximum Gasteiger partial charge on any atom is 0.247 e. The van der Waals surface area contributed by atoms with E-state index in [1.54, 1.807) is 33.5 Å². The predicted molar refractivity (Wildman–Crippen MR) is 212 cm³/mol. The molecule has 0 spiro atoms. The minimum Gasteiger partial charge on any atom is -0.493 e. The van der Waals surface area contributed by atoms with Gasteiger partial charge in [0.2, 0.25) is 23.0 Å². The van der Waals surface area contributed by atoms with Gasteiger partial charge < -0.3 is 39.6 Å². The van der Waals surface area contributed by atoms with Crippen molar-refractivity contribution >= 4 is 34.2 Å². The summed E-state index contributed by atoms with van der Waals surface area (Å²) in [5.41, 5.74) is 5.44. The molecular weight excluding hydrogens is 686 g/mol. The second kappa shape index (κ2) is 16.5. The summed E-state index contributed by atoms with van der Waals surface area (Å²) in [6.07, 6.45) is 1.83. The number of rotatable bonds is 12. The van der Waals surface area contributed by atoms with Gasteiger partial charge in [0.25, 0.3) is 0 Å². The van der Waals surface area contributed by atoms with Crippen LogP contribution in [0, 0.1) is 5.92 Å². The van der Waals surface area contributed by atoms with Crippen LogP contribution in [0.2, 0.25) is 0 Å². The number of ether oxygens (including phenoxy) is 3. The van der Waals surface area contributed by atoms with Gasteiger partial charge in [-0.15, -0.1) is 0 Å². The Hall–Kier alpha value is -5.14. The van der Waals surface area contributed by atoms with Crippen molar-refractivity contribution in [1.29, 1.82) is 0 Å². The number of aryl methyl sites for hydroxylation is 2. The highest BCUT2D eigenvalue weighted by atomic mass is 16.5. The molecule has 0 saturated carbocycles. The molecule has 3 atom stereocenters. The summed E-state index contributed by atoms with van der Waals surface area (Å²) in [7, 11) is 8.87. The molecule has 1 saturated heterocycles. The molecule has 13 nitrogen and oxygen atoms in total. The normalized spacial score (nSPS) is 17.1. The van der Waals surface area contributed by atoms with E-state index < -0.39 is 12.1 Å². The number of piperazine rings is 1. The minimum atomic E-state index is -0.727. The summed E-state index contributed by atoms with van der Waals surface area (Å²) in [6, 6.07) is 11.7. The minimum absolute atomic E-state index is 0.119. The number of methoxy groups -OCH3 is 3. The van der Waals surface area contributed by atoms with Gasteiger partial charge in [-0.25, -0.2) is 4.98 Å². The first-order valence-electron chi connectivity index (χ1n) is 18.7. The van der Waals surface area contributed by atoms with Gasteiger partial charge in [-0.2, -0.15) is 0 Å². The second-order valence-corrected chi connectivity index (χ2v) is 14.5. The number of hydrogen-bond acceptors (Lipinski definition) is 10. The average molecular weight is 740 g/mol. The molecule has 1 aliphatic heterocycles. The number of imidazole rings is 1. The smallest absolute Gasteiger partial charge is 0.247 e. The van der Waals surface area contributed by atoms with Crippen LogP contribution in [0.25, 0.3) is 22.2 Å². The van der Waals surface area contributed by atoms with Crippen molar-refractivity contribution < 1.29 is 23.8 Å². The van der Waals surface area contributed by atoms with Gasteiger partial charge in [0.15, 0.2) is 11.5 Å². The number of likely N-dealkylation sites (N-methyl/N-ethyl adjacent to an activating group) is 1. The fourth-order valence-corrected chi connectivity index (χ4v) is 7.59. The SMILES string of the molecule is CC[C@@H](C)[C@H](Nc1ccc2c(cc1=O)[C@@H](NC(C)=O)CCc1cc(OC)c(OC)c(OC)c1-2)C(=O)Nc1ccc2c(c1)nc(CN1CCN(C)CC1)n2C. The first-order valence-corrected chi connectivity index (χ1v) is 18.7. The van der Waals surface area contributed by atoms with Crippen molar-refractivity contribution in [2.45, 2.75) is 58.7 Å². The summed E-state index contributed by atoms with van der Waals surface area (Å²) in [6.45, 7) is 10.3. The molecule has 288 valence electrons. The fraction of sp³-hybridized carbons (Fsp3) is 0.463. The number of aromatic nitrogens is 2. The molecule has 1 aromatic heterocycles. The summed E-state index contributed by atoms with van der Waals surface area (Å²) in [4.78, 5) is 50.2. The lowest BCUT2D eigenvalue weighted by Gasteiger charge is -2.31. The van der Waals surface area contributed by atoms with E-state index in [2.05, 4.69) is 37.4 Å². The monoisotopic (exact) mass is 739 g/mol. The summed E-state index contributed by atoms with van der Waals surface area (Å²) in [5, 5.41) is 9.45. The Morgan fingerprint density at radius 1 is 0.963 bits per heavy atom. The van der Waals surface area contributed by atoms with Crippen LogP contribution >= 0.6 is 0 Å². The van der Waals surface area contributed by atoms with Gasteiger partial charge in [0.05, 0.1) is 50.6 Å². The number of carbonyl (C=O) groups is 2. The molecular formula is C41H53N7O6. The zero-order chi connectivity index (χ0) is 38.7. The quantitative estimate of drug-likeness (QED) is 0.183. The third-order valence-corrected chi connectivity index (χ3v) is 10.9. The van der Waals surface area contributed by atoms with Crippen molar-refractivity contribution in [2.24, 2.45) is 13.0 Å². The van der Waals surface area contributed by atoms with Crippen LogP contribution in [0.15, 0.2) is 47.3 Å². The molecule has 0 bridgehead atoms. The Morgan fingerprint density at radius 3 is 2.37 bits per heavy atom. The molecule has 54 heavy (non-hydrogen) atoms. The van der Waals surface area contributed by atoms with Crippen LogP contribution < -0.4 is 35.6 Å². The van der Waals surface area contributed by atoms with Crippen LogP contribution in [0.3, 0.4) is 0 Å². The second-order valence-electron chi connectivity index (χ2n) is 14.5. The zero-order valence-corrected chi connectivity index (χ0v) is 32.7. The number of nitrogens with one attached hydrogen (secondary N) is 3. The Labute approximate surface area is 317 Å². The molecule has 1 aliphatic carbocycles. The largest absolute Gasteiger partial charge is 0.493 e. The zero-order valence-electron chi connectivity index (χ0n) is 32.7. The lowest BCUT2D eigenvalue weighted by Crippen LogP contribution is -2.44. The third-order valence-electron chi connectivity index (χ3n) is 10.9. The topological polar surface area (TPSA) is 139 Å². The molecule has 3 N–H and O–H groups in total. The average Bonchev–Trinajstić information content (AvgIpc) is 3.27. The van der Waals surface area contributed by atoms with Crippen LogP contribution in [-0.4, -0.2) is 91.8 Å². The maximum atomic E-state index is 14.1. The molecule has 4 aromatic rings. The first kappa shape index (κ1) is 38.6. The number of amides is 2. The van der Waals surface area contributed by atoms with Gasteiger partial charge in [0.1, 0.15) is 11.9 Å². The third kappa shape index (κ3) is 7.88. The van der Waals surface area contributed by atoms with Gasteiger partial charge in [-0.1, -0.05) is 26.3 Å². The molecule has 13 heteroatoms. The first-order chi connectivity index (χ1) is 26.0. The van der Waals surface area contributed by atoms with Crippen LogP contribution in [0.5, 0.6) is 17.2 Å². The molecule has 1 fully saturated rings. The highest BCUT2D eigenvalue weighted by molar-refractivity contribution is 5.98. The standard InChI is InChI=1S/C41H53N7O6/c1-9-24(2)38(41(51)43-27-11-15-33-32(21-27)44-36(47(33)5)23-48-18-16-46(4)17-19-48)45-31-14-12-28-29(22-34(31)50)30(42-25(3)49)13-10-26-20-35(52-6)39(53-7)40(54-8)37(26)28/h11-12,14-15,20-22,24,30,38H,9-10,13,16-19,23H2,1-8H3,(H,42,49)(H,43,51)(H,45,50)/t24-,30+,38+/m1/s1. The highest BCUT2D eigenvalue weighted by Crippen LogP contribution is 2.50. The molecule has 6 rings (SSSR count). The van der Waals surface area contributed by atoms with E-state index in [1.165, 1.54) is 6.92 Å². The lowest BCUT2D eigenvalue weighted by molar-refractivity contribution is -0.120. The van der Waals surface area contributed by atoms with Gasteiger partial charge in [-0.05, 0) is 78.9 Å². The van der Waals surface area contributed by atoms with E-state index in [1.807, 2.05) is 51.2 Å². The molecule has 2 heterocycles. The Bertz CT molecular complexity index is 2090. The lowest BCUT2D eigenvalue weighted by atomic mass is 9.95. The summed E-state index contributed by atoms with van der Waals surface area (Å²) < 4.78 is 19.4. The number of carbonyl (C=O) groups excluding carboxylic acids is 2. The van der Waals surface area contributed by atoms with Crippen molar-refractivity contribution in [2.75, 3.05) is 65.2 Å². The van der Waals surface area contributed by atoms with Crippen molar-refractivity contribution in [3.05, 3.63) is 69.6 Å². The molecule has 3 aromatic carbocycles.